The summed E-state index contributed by atoms with van der Waals surface area (Å²) < 4.78 is 1.72. The molecule has 0 saturated carbocycles. The van der Waals surface area contributed by atoms with Gasteiger partial charge < -0.3 is 5.73 Å². The number of benzene rings is 1. The summed E-state index contributed by atoms with van der Waals surface area (Å²) in [5.41, 5.74) is 7.28. The number of carbonyl (C=O) groups excluding carboxylic acids is 1. The quantitative estimate of drug-likeness (QED) is 0.804. The van der Waals surface area contributed by atoms with Crippen LogP contribution in [0.15, 0.2) is 40.8 Å². The number of nitrogens with two attached hydrogens (primary N) is 1. The molecule has 0 bridgehead atoms. The standard InChI is InChI=1S/C14H10ClN3O2S/c15-9-3-1-8(2-4-9)10-6-21-13-12(10)17-7-18(14(13)20)5-11(16)19/h1-4,6-7H,5H2,(H2,16,19). The molecule has 1 amide bonds. The zero-order valence-corrected chi connectivity index (χ0v) is 12.3. The molecule has 7 heteroatoms. The van der Waals surface area contributed by atoms with E-state index in [1.165, 1.54) is 22.2 Å². The van der Waals surface area contributed by atoms with Crippen molar-refractivity contribution in [2.24, 2.45) is 5.73 Å². The molecule has 2 heterocycles. The van der Waals surface area contributed by atoms with Gasteiger partial charge in [-0.1, -0.05) is 23.7 Å². The molecule has 0 saturated heterocycles. The van der Waals surface area contributed by atoms with E-state index in [-0.39, 0.29) is 12.1 Å². The van der Waals surface area contributed by atoms with Crippen molar-refractivity contribution in [1.82, 2.24) is 9.55 Å². The highest BCUT2D eigenvalue weighted by molar-refractivity contribution is 7.17. The van der Waals surface area contributed by atoms with E-state index in [0.717, 1.165) is 11.1 Å². The van der Waals surface area contributed by atoms with E-state index in [1.807, 2.05) is 17.5 Å². The summed E-state index contributed by atoms with van der Waals surface area (Å²) >= 11 is 7.18. The fourth-order valence-corrected chi connectivity index (χ4v) is 3.16. The van der Waals surface area contributed by atoms with Crippen LogP contribution in [-0.2, 0) is 11.3 Å². The number of carbonyl (C=O) groups is 1. The average molecular weight is 320 g/mol. The molecule has 3 aromatic rings. The smallest absolute Gasteiger partial charge is 0.271 e. The Bertz CT molecular complexity index is 883. The third-order valence-electron chi connectivity index (χ3n) is 3.03. The Morgan fingerprint density at radius 1 is 1.33 bits per heavy atom. The van der Waals surface area contributed by atoms with Crippen molar-refractivity contribution < 1.29 is 4.79 Å². The highest BCUT2D eigenvalue weighted by Gasteiger charge is 2.13. The Morgan fingerprint density at radius 2 is 2.05 bits per heavy atom. The van der Waals surface area contributed by atoms with E-state index < -0.39 is 5.91 Å². The number of primary amides is 1. The number of amides is 1. The van der Waals surface area contributed by atoms with Crippen molar-refractivity contribution in [3.63, 3.8) is 0 Å². The molecule has 5 nitrogen and oxygen atoms in total. The second kappa shape index (κ2) is 5.31. The lowest BCUT2D eigenvalue weighted by atomic mass is 10.1. The monoisotopic (exact) mass is 319 g/mol. The summed E-state index contributed by atoms with van der Waals surface area (Å²) in [4.78, 5) is 27.5. The molecule has 2 N–H and O–H groups in total. The van der Waals surface area contributed by atoms with Gasteiger partial charge in [-0.3, -0.25) is 14.2 Å². The van der Waals surface area contributed by atoms with Crippen LogP contribution in [0.5, 0.6) is 0 Å². The van der Waals surface area contributed by atoms with Gasteiger partial charge in [0.25, 0.3) is 5.56 Å². The van der Waals surface area contributed by atoms with Gasteiger partial charge in [-0.2, -0.15) is 0 Å². The highest BCUT2D eigenvalue weighted by atomic mass is 35.5. The minimum atomic E-state index is -0.576. The maximum Gasteiger partial charge on any atom is 0.271 e. The molecule has 0 radical (unpaired) electrons. The summed E-state index contributed by atoms with van der Waals surface area (Å²) in [6.45, 7) is -0.171. The van der Waals surface area contributed by atoms with Crippen molar-refractivity contribution in [1.29, 1.82) is 0 Å². The molecule has 0 atom stereocenters. The van der Waals surface area contributed by atoms with Crippen LogP contribution in [0.3, 0.4) is 0 Å². The summed E-state index contributed by atoms with van der Waals surface area (Å²) in [6.07, 6.45) is 1.35. The van der Waals surface area contributed by atoms with Crippen LogP contribution in [0, 0.1) is 0 Å². The number of halogens is 1. The first-order valence-electron chi connectivity index (χ1n) is 6.07. The molecule has 0 unspecified atom stereocenters. The molecule has 0 aliphatic rings. The van der Waals surface area contributed by atoms with Gasteiger partial charge in [0.15, 0.2) is 0 Å². The summed E-state index contributed by atoms with van der Waals surface area (Å²) in [5.74, 6) is -0.576. The molecule has 1 aromatic carbocycles. The van der Waals surface area contributed by atoms with Crippen molar-refractivity contribution in [2.75, 3.05) is 0 Å². The first kappa shape index (κ1) is 13.8. The van der Waals surface area contributed by atoms with Gasteiger partial charge in [0, 0.05) is 16.0 Å². The van der Waals surface area contributed by atoms with Crippen LogP contribution in [0.4, 0.5) is 0 Å². The van der Waals surface area contributed by atoms with Crippen LogP contribution in [0.25, 0.3) is 21.3 Å². The summed E-state index contributed by atoms with van der Waals surface area (Å²) in [5, 5.41) is 2.52. The Kier molecular flexibility index (Phi) is 3.48. The predicted octanol–water partition coefficient (Wildman–Crippen LogP) is 2.26. The molecule has 21 heavy (non-hydrogen) atoms. The molecule has 0 aliphatic heterocycles. The molecular weight excluding hydrogens is 310 g/mol. The number of fused-ring (bicyclic) bond motifs is 1. The van der Waals surface area contributed by atoms with Crippen LogP contribution < -0.4 is 11.3 Å². The third-order valence-corrected chi connectivity index (χ3v) is 4.24. The van der Waals surface area contributed by atoms with Crippen LogP contribution in [0.2, 0.25) is 5.02 Å². The van der Waals surface area contributed by atoms with Crippen LogP contribution >= 0.6 is 22.9 Å². The van der Waals surface area contributed by atoms with E-state index in [9.17, 15) is 9.59 Å². The second-order valence-electron chi connectivity index (χ2n) is 4.48. The van der Waals surface area contributed by atoms with E-state index >= 15 is 0 Å². The lowest BCUT2D eigenvalue weighted by molar-refractivity contribution is -0.118. The van der Waals surface area contributed by atoms with Gasteiger partial charge in [-0.25, -0.2) is 4.98 Å². The van der Waals surface area contributed by atoms with Gasteiger partial charge in [-0.05, 0) is 17.7 Å². The lowest BCUT2D eigenvalue weighted by Crippen LogP contribution is -2.27. The first-order chi connectivity index (χ1) is 10.1. The predicted molar refractivity (Wildman–Crippen MR) is 83.5 cm³/mol. The fourth-order valence-electron chi connectivity index (χ4n) is 2.06. The van der Waals surface area contributed by atoms with E-state index in [4.69, 9.17) is 17.3 Å². The molecule has 106 valence electrons. The normalized spacial score (nSPS) is 10.9. The molecule has 0 spiro atoms. The number of hydrogen-bond donors (Lipinski definition) is 1. The lowest BCUT2D eigenvalue weighted by Gasteiger charge is -2.03. The van der Waals surface area contributed by atoms with Gasteiger partial charge in [0.2, 0.25) is 5.91 Å². The topological polar surface area (TPSA) is 78.0 Å². The fraction of sp³-hybridized carbons (Fsp3) is 0.0714. The average Bonchev–Trinajstić information content (AvgIpc) is 2.87. The number of nitrogens with zero attached hydrogens (tertiary/aromatic N) is 2. The Labute approximate surface area is 128 Å². The van der Waals surface area contributed by atoms with Crippen molar-refractivity contribution in [3.8, 4) is 11.1 Å². The Hall–Kier alpha value is -2.18. The van der Waals surface area contributed by atoms with E-state index in [2.05, 4.69) is 4.98 Å². The van der Waals surface area contributed by atoms with Crippen molar-refractivity contribution in [3.05, 3.63) is 51.3 Å². The van der Waals surface area contributed by atoms with E-state index in [0.29, 0.717) is 15.2 Å². The minimum absolute atomic E-state index is 0.171. The zero-order chi connectivity index (χ0) is 15.0. The minimum Gasteiger partial charge on any atom is -0.368 e. The highest BCUT2D eigenvalue weighted by Crippen LogP contribution is 2.31. The van der Waals surface area contributed by atoms with Crippen molar-refractivity contribution >= 4 is 39.1 Å². The van der Waals surface area contributed by atoms with Gasteiger partial charge >= 0.3 is 0 Å². The Morgan fingerprint density at radius 3 is 2.71 bits per heavy atom. The van der Waals surface area contributed by atoms with Crippen LogP contribution in [-0.4, -0.2) is 15.5 Å². The second-order valence-corrected chi connectivity index (χ2v) is 5.79. The molecule has 0 fully saturated rings. The van der Waals surface area contributed by atoms with Gasteiger partial charge in [0.1, 0.15) is 11.2 Å². The Balaban J connectivity index is 2.15. The van der Waals surface area contributed by atoms with Crippen LogP contribution in [0.1, 0.15) is 0 Å². The third kappa shape index (κ3) is 2.55. The largest absolute Gasteiger partial charge is 0.368 e. The number of hydrogen-bond acceptors (Lipinski definition) is 4. The molecule has 0 aliphatic carbocycles. The number of aromatic nitrogens is 2. The molecular formula is C14H10ClN3O2S. The zero-order valence-electron chi connectivity index (χ0n) is 10.7. The van der Waals surface area contributed by atoms with Gasteiger partial charge in [-0.15, -0.1) is 11.3 Å². The van der Waals surface area contributed by atoms with Crippen molar-refractivity contribution in [2.45, 2.75) is 6.54 Å². The SMILES string of the molecule is NC(=O)Cn1cnc2c(-c3ccc(Cl)cc3)csc2c1=O. The summed E-state index contributed by atoms with van der Waals surface area (Å²) in [6, 6.07) is 7.32. The number of thiophene rings is 1. The molecule has 2 aromatic heterocycles. The summed E-state index contributed by atoms with van der Waals surface area (Å²) in [7, 11) is 0. The maximum absolute atomic E-state index is 12.3. The first-order valence-corrected chi connectivity index (χ1v) is 7.33. The maximum atomic E-state index is 12.3. The number of rotatable bonds is 3. The van der Waals surface area contributed by atoms with E-state index in [1.54, 1.807) is 12.1 Å². The van der Waals surface area contributed by atoms with Gasteiger partial charge in [0.05, 0.1) is 11.8 Å². The molecule has 3 rings (SSSR count).